The molecule has 13 rings (SSSR count). The molecule has 0 bridgehead atoms. The van der Waals surface area contributed by atoms with Gasteiger partial charge >= 0.3 is 0 Å². The lowest BCUT2D eigenvalue weighted by Gasteiger charge is -2.28. The van der Waals surface area contributed by atoms with Gasteiger partial charge in [0.15, 0.2) is 0 Å². The fourth-order valence-electron chi connectivity index (χ4n) is 9.76. The average molecular weight is 809 g/mol. The molecule has 3 heterocycles. The molecule has 0 fully saturated rings. The molecular weight excluding hydrogens is 773 g/mol. The van der Waals surface area contributed by atoms with Crippen molar-refractivity contribution in [3.05, 3.63) is 218 Å². The third-order valence-electron chi connectivity index (χ3n) is 12.6. The molecule has 3 nitrogen and oxygen atoms in total. The van der Waals surface area contributed by atoms with Gasteiger partial charge in [0.2, 0.25) is 0 Å². The number of nitrogens with zero attached hydrogens (tertiary/aromatic N) is 2. The first-order valence-electron chi connectivity index (χ1n) is 21.1. The summed E-state index contributed by atoms with van der Waals surface area (Å²) >= 11 is 1.87. The van der Waals surface area contributed by atoms with Crippen LogP contribution in [0.2, 0.25) is 0 Å². The third kappa shape index (κ3) is 5.37. The van der Waals surface area contributed by atoms with Crippen LogP contribution in [0.5, 0.6) is 0 Å². The zero-order valence-corrected chi connectivity index (χ0v) is 34.3. The van der Waals surface area contributed by atoms with Gasteiger partial charge in [-0.25, -0.2) is 0 Å². The highest BCUT2D eigenvalue weighted by molar-refractivity contribution is 7.26. The van der Waals surface area contributed by atoms with Crippen molar-refractivity contribution in [1.82, 2.24) is 4.57 Å². The number of hydrogen-bond donors (Lipinski definition) is 0. The maximum atomic E-state index is 6.49. The molecule has 0 aliphatic carbocycles. The molecule has 4 heteroatoms. The highest BCUT2D eigenvalue weighted by Crippen LogP contribution is 2.48. The minimum Gasteiger partial charge on any atom is -0.455 e. The zero-order chi connectivity index (χ0) is 40.7. The molecule has 10 aromatic carbocycles. The summed E-state index contributed by atoms with van der Waals surface area (Å²) < 4.78 is 11.5. The molecule has 13 aromatic rings. The molecule has 3 aromatic heterocycles. The molecule has 62 heavy (non-hydrogen) atoms. The smallest absolute Gasteiger partial charge is 0.143 e. The topological polar surface area (TPSA) is 21.3 Å². The summed E-state index contributed by atoms with van der Waals surface area (Å²) in [4.78, 5) is 2.44. The average Bonchev–Trinajstić information content (AvgIpc) is 4.02. The van der Waals surface area contributed by atoms with Gasteiger partial charge in [0.25, 0.3) is 0 Å². The van der Waals surface area contributed by atoms with Crippen LogP contribution >= 0.6 is 11.3 Å². The fourth-order valence-corrected chi connectivity index (χ4v) is 11.0. The predicted molar refractivity (Wildman–Crippen MR) is 264 cm³/mol. The summed E-state index contributed by atoms with van der Waals surface area (Å²) in [5.74, 6) is 0. The van der Waals surface area contributed by atoms with Crippen LogP contribution in [0.25, 0.3) is 103 Å². The quantitative estimate of drug-likeness (QED) is 0.167. The van der Waals surface area contributed by atoms with Crippen molar-refractivity contribution in [2.24, 2.45) is 0 Å². The highest BCUT2D eigenvalue weighted by atomic mass is 32.1. The van der Waals surface area contributed by atoms with Gasteiger partial charge in [-0.2, -0.15) is 0 Å². The first-order valence-corrected chi connectivity index (χ1v) is 21.9. The van der Waals surface area contributed by atoms with Crippen LogP contribution in [0, 0.1) is 0 Å². The number of thiophene rings is 1. The minimum atomic E-state index is 0.904. The number of rotatable bonds is 6. The van der Waals surface area contributed by atoms with Crippen LogP contribution in [-0.4, -0.2) is 4.57 Å². The Morgan fingerprint density at radius 1 is 0.403 bits per heavy atom. The second kappa shape index (κ2) is 13.8. The number of fused-ring (bicyclic) bond motifs is 10. The molecule has 290 valence electrons. The van der Waals surface area contributed by atoms with Crippen LogP contribution in [0.15, 0.2) is 223 Å². The SMILES string of the molecule is c1cc(-c2cc(N(c3ccc(-c4cccc5c4oc4ccccc45)cc3)c3cccc4ccccc34)cc3c2sc2ccccc23)cc(-n2c3ccccc3c3ccccc32)c1. The van der Waals surface area contributed by atoms with E-state index in [4.69, 9.17) is 4.42 Å². The van der Waals surface area contributed by atoms with E-state index in [1.54, 1.807) is 0 Å². The lowest BCUT2D eigenvalue weighted by atomic mass is 9.99. The van der Waals surface area contributed by atoms with E-state index >= 15 is 0 Å². The summed E-state index contributed by atoms with van der Waals surface area (Å²) in [7, 11) is 0. The Labute approximate surface area is 361 Å². The van der Waals surface area contributed by atoms with Gasteiger partial charge in [-0.05, 0) is 83.2 Å². The molecule has 0 unspecified atom stereocenters. The zero-order valence-electron chi connectivity index (χ0n) is 33.5. The number of hydrogen-bond acceptors (Lipinski definition) is 3. The van der Waals surface area contributed by atoms with Gasteiger partial charge < -0.3 is 13.9 Å². The van der Waals surface area contributed by atoms with Crippen molar-refractivity contribution in [2.75, 3.05) is 4.90 Å². The molecule has 0 saturated heterocycles. The van der Waals surface area contributed by atoms with E-state index in [0.29, 0.717) is 0 Å². The summed E-state index contributed by atoms with van der Waals surface area (Å²) in [6.45, 7) is 0. The Bertz CT molecular complexity index is 3830. The predicted octanol–water partition coefficient (Wildman–Crippen LogP) is 17.0. The van der Waals surface area contributed by atoms with Crippen molar-refractivity contribution >= 4 is 103 Å². The second-order valence-corrected chi connectivity index (χ2v) is 17.1. The van der Waals surface area contributed by atoms with Gasteiger partial charge in [-0.1, -0.05) is 152 Å². The Morgan fingerprint density at radius 2 is 1.05 bits per heavy atom. The van der Waals surface area contributed by atoms with Crippen LogP contribution in [0.4, 0.5) is 17.1 Å². The lowest BCUT2D eigenvalue weighted by molar-refractivity contribution is 0.670. The largest absolute Gasteiger partial charge is 0.455 e. The van der Waals surface area contributed by atoms with Crippen LogP contribution in [-0.2, 0) is 0 Å². The monoisotopic (exact) mass is 808 g/mol. The van der Waals surface area contributed by atoms with Crippen molar-refractivity contribution in [3.8, 4) is 27.9 Å². The Balaban J connectivity index is 1.03. The normalized spacial score (nSPS) is 11.9. The molecule has 0 spiro atoms. The molecule has 0 radical (unpaired) electrons. The Hall–Kier alpha value is -7.92. The van der Waals surface area contributed by atoms with E-state index in [9.17, 15) is 0 Å². The van der Waals surface area contributed by atoms with Crippen molar-refractivity contribution < 1.29 is 4.42 Å². The molecule has 0 saturated carbocycles. The summed E-state index contributed by atoms with van der Waals surface area (Å²) in [6.07, 6.45) is 0. The van der Waals surface area contributed by atoms with E-state index in [0.717, 1.165) is 55.8 Å². The third-order valence-corrected chi connectivity index (χ3v) is 13.8. The van der Waals surface area contributed by atoms with E-state index < -0.39 is 0 Å². The summed E-state index contributed by atoms with van der Waals surface area (Å²) in [5.41, 5.74) is 13.2. The molecule has 0 N–H and O–H groups in total. The van der Waals surface area contributed by atoms with Gasteiger partial charge in [-0.3, -0.25) is 0 Å². The van der Waals surface area contributed by atoms with Crippen molar-refractivity contribution in [1.29, 1.82) is 0 Å². The van der Waals surface area contributed by atoms with Gasteiger partial charge in [0.1, 0.15) is 11.2 Å². The van der Waals surface area contributed by atoms with E-state index in [1.165, 1.54) is 63.9 Å². The number of benzene rings is 10. The number of furan rings is 1. The Kier molecular flexibility index (Phi) is 7.78. The van der Waals surface area contributed by atoms with Crippen LogP contribution in [0.1, 0.15) is 0 Å². The summed E-state index contributed by atoms with van der Waals surface area (Å²) in [6, 6.07) is 79.3. The molecule has 0 aliphatic heterocycles. The maximum Gasteiger partial charge on any atom is 0.143 e. The first kappa shape index (κ1) is 34.9. The van der Waals surface area contributed by atoms with Crippen LogP contribution < -0.4 is 4.90 Å². The van der Waals surface area contributed by atoms with E-state index in [2.05, 4.69) is 216 Å². The van der Waals surface area contributed by atoms with Crippen molar-refractivity contribution in [3.63, 3.8) is 0 Å². The minimum absolute atomic E-state index is 0.904. The standard InChI is InChI=1S/C58H36N2OS/c1-2-18-43-37(14-1)15-12-27-52(43)59(40-32-30-38(31-33-40)44-23-13-24-49-47-21-5-9-28-55(47)61-57(44)49)42-35-50(58-51(36-42)48-22-6-10-29-56(48)62-58)39-16-11-17-41(34-39)60-53-25-7-3-19-45(53)46-20-4-8-26-54(46)60/h1-36H. The van der Waals surface area contributed by atoms with Gasteiger partial charge in [-0.15, -0.1) is 11.3 Å². The molecule has 0 aliphatic rings. The van der Waals surface area contributed by atoms with Gasteiger partial charge in [0, 0.05) is 75.3 Å². The molecule has 0 amide bonds. The molecule has 0 atom stereocenters. The maximum absolute atomic E-state index is 6.49. The lowest BCUT2D eigenvalue weighted by Crippen LogP contribution is -2.10. The summed E-state index contributed by atoms with van der Waals surface area (Å²) in [5, 5.41) is 9.68. The number of para-hydroxylation sites is 4. The van der Waals surface area contributed by atoms with Gasteiger partial charge in [0.05, 0.1) is 16.7 Å². The van der Waals surface area contributed by atoms with Crippen molar-refractivity contribution in [2.45, 2.75) is 0 Å². The number of aromatic nitrogens is 1. The molecular formula is C58H36N2OS. The highest BCUT2D eigenvalue weighted by Gasteiger charge is 2.22. The van der Waals surface area contributed by atoms with E-state index in [1.807, 2.05) is 23.5 Å². The van der Waals surface area contributed by atoms with Crippen LogP contribution in [0.3, 0.4) is 0 Å². The fraction of sp³-hybridized carbons (Fsp3) is 0. The number of anilines is 3. The first-order chi connectivity index (χ1) is 30.7. The Morgan fingerprint density at radius 3 is 1.87 bits per heavy atom. The second-order valence-electron chi connectivity index (χ2n) is 16.0. The van der Waals surface area contributed by atoms with E-state index in [-0.39, 0.29) is 0 Å².